The van der Waals surface area contributed by atoms with Crippen LogP contribution in [0.1, 0.15) is 39.9 Å². The van der Waals surface area contributed by atoms with Crippen LogP contribution < -0.4 is 10.6 Å². The van der Waals surface area contributed by atoms with Crippen molar-refractivity contribution in [2.45, 2.75) is 25.9 Å². The van der Waals surface area contributed by atoms with Crippen LogP contribution in [0.3, 0.4) is 0 Å². The van der Waals surface area contributed by atoms with Crippen molar-refractivity contribution in [1.82, 2.24) is 10.6 Å². The molecule has 0 aromatic heterocycles. The summed E-state index contributed by atoms with van der Waals surface area (Å²) in [6, 6.07) is 41.7. The summed E-state index contributed by atoms with van der Waals surface area (Å²) in [5.41, 5.74) is 11.9. The van der Waals surface area contributed by atoms with Gasteiger partial charge in [0.05, 0.1) is 0 Å². The van der Waals surface area contributed by atoms with Crippen LogP contribution in [0.4, 0.5) is 0 Å². The summed E-state index contributed by atoms with van der Waals surface area (Å²) in [5.74, 6) is -0.0426. The molecule has 0 unspecified atom stereocenters. The van der Waals surface area contributed by atoms with Crippen LogP contribution >= 0.6 is 76.1 Å². The van der Waals surface area contributed by atoms with E-state index in [2.05, 4.69) is 160 Å². The van der Waals surface area contributed by atoms with Gasteiger partial charge in [0.2, 0.25) is 0 Å². The molecular weight excluding hydrogens is 964 g/mol. The van der Waals surface area contributed by atoms with Gasteiger partial charge in [-0.1, -0.05) is 161 Å². The van der Waals surface area contributed by atoms with Crippen LogP contribution in [-0.4, -0.2) is 18.9 Å². The Morgan fingerprint density at radius 2 is 0.873 bits per heavy atom. The van der Waals surface area contributed by atoms with E-state index in [1.807, 2.05) is 60.7 Å². The zero-order valence-corrected chi connectivity index (χ0v) is 37.3. The van der Waals surface area contributed by atoms with Crippen LogP contribution in [-0.2, 0) is 13.1 Å². The number of halogens is 5. The first kappa shape index (κ1) is 42.7. The number of hydrogen-bond donors (Lipinski definition) is 2. The standard InChI is InChI=1S/C47H40Br4N2O.ClH/c1-3-5-23-52-29-31-7-11-33(12-8-31)39-19-15-35(25-43(39)41-21-17-37(48)27-45(41)50)47(54)36-16-20-40(44(26-36)42-22-18-38(49)28-46(42)51)34-13-9-32(10-14-34)30-53-24-6-4-2;/h3-4,7-22,25-28,52-53H,1-2,5-6,23-24,29-30H2;1H. The first-order valence-electron chi connectivity index (χ1n) is 17.8. The molecule has 0 spiro atoms. The number of carbonyl (C=O) groups is 1. The van der Waals surface area contributed by atoms with Crippen molar-refractivity contribution in [2.24, 2.45) is 0 Å². The molecule has 6 rings (SSSR count). The fourth-order valence-electron chi connectivity index (χ4n) is 6.38. The lowest BCUT2D eigenvalue weighted by Crippen LogP contribution is -2.13. The molecule has 0 aliphatic heterocycles. The third kappa shape index (κ3) is 10.9. The number of carbonyl (C=O) groups excluding carboxylic acids is 1. The summed E-state index contributed by atoms with van der Waals surface area (Å²) in [7, 11) is 0. The van der Waals surface area contributed by atoms with Crippen molar-refractivity contribution >= 4 is 81.9 Å². The molecule has 0 fully saturated rings. The molecule has 0 aliphatic carbocycles. The Bertz CT molecular complexity index is 2130. The van der Waals surface area contributed by atoms with Crippen LogP contribution in [0, 0.1) is 0 Å². The van der Waals surface area contributed by atoms with E-state index in [0.717, 1.165) is 101 Å². The van der Waals surface area contributed by atoms with E-state index in [1.165, 1.54) is 11.1 Å². The second kappa shape index (κ2) is 20.7. The topological polar surface area (TPSA) is 41.1 Å². The van der Waals surface area contributed by atoms with Gasteiger partial charge in [0, 0.05) is 42.1 Å². The SMILES string of the molecule is C=CCCNCc1ccc(-c2ccc(C(=O)c3ccc(-c4ccc(CNCCC=C)cc4)c(-c4ccc(Br)cc4Br)c3)cc2-c2ccc(Br)cc2Br)cc1.Cl. The quantitative estimate of drug-likeness (QED) is 0.0577. The van der Waals surface area contributed by atoms with Crippen molar-refractivity contribution in [3.63, 3.8) is 0 Å². The fraction of sp³-hybridized carbons (Fsp3) is 0.128. The van der Waals surface area contributed by atoms with E-state index in [1.54, 1.807) is 0 Å². The van der Waals surface area contributed by atoms with Gasteiger partial charge in [-0.25, -0.2) is 0 Å². The molecule has 0 aliphatic rings. The summed E-state index contributed by atoms with van der Waals surface area (Å²) >= 11 is 14.8. The number of nitrogens with one attached hydrogen (secondary N) is 2. The van der Waals surface area contributed by atoms with Crippen molar-refractivity contribution in [3.8, 4) is 44.5 Å². The molecule has 0 heterocycles. The van der Waals surface area contributed by atoms with E-state index >= 15 is 0 Å². The normalized spacial score (nSPS) is 10.8. The van der Waals surface area contributed by atoms with E-state index in [9.17, 15) is 4.79 Å². The second-order valence-corrected chi connectivity index (χ2v) is 16.5. The van der Waals surface area contributed by atoms with Gasteiger partial charge in [-0.15, -0.1) is 25.6 Å². The van der Waals surface area contributed by atoms with Crippen LogP contribution in [0.25, 0.3) is 44.5 Å². The Labute approximate surface area is 364 Å². The predicted octanol–water partition coefficient (Wildman–Crippen LogP) is 14.4. The summed E-state index contributed by atoms with van der Waals surface area (Å²) in [4.78, 5) is 14.5. The molecule has 0 bridgehead atoms. The maximum atomic E-state index is 14.5. The number of hydrogen-bond acceptors (Lipinski definition) is 3. The van der Waals surface area contributed by atoms with E-state index in [4.69, 9.17) is 0 Å². The third-order valence-corrected chi connectivity index (χ3v) is 11.5. The predicted molar refractivity (Wildman–Crippen MR) is 249 cm³/mol. The van der Waals surface area contributed by atoms with Crippen molar-refractivity contribution in [1.29, 1.82) is 0 Å². The van der Waals surface area contributed by atoms with E-state index < -0.39 is 0 Å². The number of rotatable bonds is 16. The van der Waals surface area contributed by atoms with Crippen molar-refractivity contribution in [2.75, 3.05) is 13.1 Å². The highest BCUT2D eigenvalue weighted by Crippen LogP contribution is 2.41. The smallest absolute Gasteiger partial charge is 0.193 e. The zero-order valence-electron chi connectivity index (χ0n) is 30.2. The fourth-order valence-corrected chi connectivity index (χ4v) is 8.90. The molecule has 0 radical (unpaired) electrons. The van der Waals surface area contributed by atoms with Gasteiger partial charge >= 0.3 is 0 Å². The van der Waals surface area contributed by atoms with Crippen molar-refractivity contribution in [3.05, 3.63) is 187 Å². The lowest BCUT2D eigenvalue weighted by atomic mass is 9.88. The van der Waals surface area contributed by atoms with Gasteiger partial charge in [-0.3, -0.25) is 4.79 Å². The first-order chi connectivity index (χ1) is 26.2. The molecule has 0 saturated heterocycles. The molecule has 55 heavy (non-hydrogen) atoms. The van der Waals surface area contributed by atoms with Gasteiger partial charge in [0.1, 0.15) is 0 Å². The summed E-state index contributed by atoms with van der Waals surface area (Å²) in [6.45, 7) is 11.0. The molecule has 0 amide bonds. The van der Waals surface area contributed by atoms with Gasteiger partial charge in [-0.05, 0) is 118 Å². The molecule has 8 heteroatoms. The molecule has 6 aromatic carbocycles. The summed E-state index contributed by atoms with van der Waals surface area (Å²) < 4.78 is 3.83. The highest BCUT2D eigenvalue weighted by molar-refractivity contribution is 9.11. The van der Waals surface area contributed by atoms with Gasteiger partial charge in [-0.2, -0.15) is 0 Å². The molecule has 0 atom stereocenters. The molecule has 3 nitrogen and oxygen atoms in total. The number of benzene rings is 6. The highest BCUT2D eigenvalue weighted by atomic mass is 79.9. The van der Waals surface area contributed by atoms with Gasteiger partial charge in [0.15, 0.2) is 5.78 Å². The maximum absolute atomic E-state index is 14.5. The molecule has 0 saturated carbocycles. The van der Waals surface area contributed by atoms with E-state index in [0.29, 0.717) is 11.1 Å². The Kier molecular flexibility index (Phi) is 16.1. The minimum absolute atomic E-state index is 0. The lowest BCUT2D eigenvalue weighted by molar-refractivity contribution is 0.103. The molecular formula is C47H41Br4ClN2O. The van der Waals surface area contributed by atoms with Crippen LogP contribution in [0.15, 0.2) is 165 Å². The zero-order chi connectivity index (χ0) is 38.0. The summed E-state index contributed by atoms with van der Waals surface area (Å²) in [5, 5.41) is 6.93. The lowest BCUT2D eigenvalue weighted by Gasteiger charge is -2.16. The maximum Gasteiger partial charge on any atom is 0.193 e. The Morgan fingerprint density at radius 3 is 1.24 bits per heavy atom. The Balaban J connectivity index is 0.00000580. The Hall–Kier alpha value is -3.40. The minimum atomic E-state index is -0.0426. The van der Waals surface area contributed by atoms with Crippen molar-refractivity contribution < 1.29 is 4.79 Å². The van der Waals surface area contributed by atoms with Crippen LogP contribution in [0.5, 0.6) is 0 Å². The largest absolute Gasteiger partial charge is 0.312 e. The second-order valence-electron chi connectivity index (χ2n) is 13.0. The molecule has 280 valence electrons. The number of ketones is 1. The average Bonchev–Trinajstić information content (AvgIpc) is 3.18. The van der Waals surface area contributed by atoms with Crippen LogP contribution in [0.2, 0.25) is 0 Å². The minimum Gasteiger partial charge on any atom is -0.312 e. The summed E-state index contributed by atoms with van der Waals surface area (Å²) in [6.07, 6.45) is 5.72. The first-order valence-corrected chi connectivity index (χ1v) is 21.0. The molecule has 2 N–H and O–H groups in total. The molecule has 6 aromatic rings. The highest BCUT2D eigenvalue weighted by Gasteiger charge is 2.19. The monoisotopic (exact) mass is 1000 g/mol. The van der Waals surface area contributed by atoms with Gasteiger partial charge in [0.25, 0.3) is 0 Å². The van der Waals surface area contributed by atoms with Gasteiger partial charge < -0.3 is 10.6 Å². The van der Waals surface area contributed by atoms with E-state index in [-0.39, 0.29) is 18.2 Å². The third-order valence-electron chi connectivity index (χ3n) is 9.24. The average molecular weight is 1000 g/mol. The Morgan fingerprint density at radius 1 is 0.491 bits per heavy atom.